The van der Waals surface area contributed by atoms with Crippen LogP contribution >= 0.6 is 0 Å². The fraction of sp³-hybridized carbons (Fsp3) is 0.857. The Balaban J connectivity index is 2.44. The van der Waals surface area contributed by atoms with Gasteiger partial charge in [-0.3, -0.25) is 4.79 Å². The Bertz CT molecular complexity index is 122. The summed E-state index contributed by atoms with van der Waals surface area (Å²) in [5.74, 6) is 0.469. The fourth-order valence-electron chi connectivity index (χ4n) is 1.20. The maximum atomic E-state index is 10.8. The van der Waals surface area contributed by atoms with Gasteiger partial charge in [-0.1, -0.05) is 13.8 Å². The van der Waals surface area contributed by atoms with Crippen LogP contribution in [0.4, 0.5) is 0 Å². The molecule has 0 saturated carbocycles. The molecule has 2 nitrogen and oxygen atoms in total. The van der Waals surface area contributed by atoms with Crippen molar-refractivity contribution in [1.82, 2.24) is 5.32 Å². The van der Waals surface area contributed by atoms with Gasteiger partial charge >= 0.3 is 0 Å². The van der Waals surface area contributed by atoms with Gasteiger partial charge in [0, 0.05) is 12.0 Å². The second-order valence-electron chi connectivity index (χ2n) is 2.75. The van der Waals surface area contributed by atoms with Crippen LogP contribution in [0.3, 0.4) is 0 Å². The number of carbonyl (C=O) groups is 1. The van der Waals surface area contributed by atoms with Crippen molar-refractivity contribution in [2.24, 2.45) is 5.92 Å². The highest BCUT2D eigenvalue weighted by Gasteiger charge is 2.26. The number of amides is 1. The van der Waals surface area contributed by atoms with Crippen molar-refractivity contribution in [1.29, 1.82) is 0 Å². The minimum absolute atomic E-state index is 0.224. The molecule has 1 amide bonds. The van der Waals surface area contributed by atoms with Gasteiger partial charge in [-0.25, -0.2) is 0 Å². The van der Waals surface area contributed by atoms with Gasteiger partial charge in [0.05, 0.1) is 0 Å². The molecule has 0 radical (unpaired) electrons. The number of rotatable bonds is 1. The van der Waals surface area contributed by atoms with Crippen molar-refractivity contribution in [2.75, 3.05) is 0 Å². The average Bonchev–Trinajstić information content (AvgIpc) is 2.13. The maximum absolute atomic E-state index is 10.8. The first-order chi connectivity index (χ1) is 4.24. The van der Waals surface area contributed by atoms with Crippen molar-refractivity contribution in [2.45, 2.75) is 32.7 Å². The first-order valence-corrected chi connectivity index (χ1v) is 3.54. The number of hydrogen-bond donors (Lipinski definition) is 1. The van der Waals surface area contributed by atoms with Crippen molar-refractivity contribution in [3.05, 3.63) is 0 Å². The molecular formula is C7H13NO. The summed E-state index contributed by atoms with van der Waals surface area (Å²) >= 11 is 0. The standard InChI is InChI=1S/C7H13NO/c1-3-6-4-5(2)7(9)8-6/h5-6H,3-4H2,1-2H3,(H,8,9)/t5-,6-/m0/s1. The molecule has 1 rings (SSSR count). The lowest BCUT2D eigenvalue weighted by Crippen LogP contribution is -2.25. The molecule has 1 fully saturated rings. The van der Waals surface area contributed by atoms with Crippen LogP contribution < -0.4 is 5.32 Å². The number of nitrogens with one attached hydrogen (secondary N) is 1. The number of hydrogen-bond acceptors (Lipinski definition) is 1. The van der Waals surface area contributed by atoms with Gasteiger partial charge in [-0.15, -0.1) is 0 Å². The van der Waals surface area contributed by atoms with Crippen molar-refractivity contribution in [3.8, 4) is 0 Å². The Morgan fingerprint density at radius 3 is 2.67 bits per heavy atom. The molecule has 1 heterocycles. The molecule has 0 unspecified atom stereocenters. The van der Waals surface area contributed by atoms with Crippen LogP contribution in [0.2, 0.25) is 0 Å². The Hall–Kier alpha value is -0.530. The first-order valence-electron chi connectivity index (χ1n) is 3.54. The van der Waals surface area contributed by atoms with Crippen molar-refractivity contribution >= 4 is 5.91 Å². The third-order valence-electron chi connectivity index (χ3n) is 1.92. The van der Waals surface area contributed by atoms with E-state index in [1.807, 2.05) is 6.92 Å². The van der Waals surface area contributed by atoms with E-state index in [-0.39, 0.29) is 11.8 Å². The van der Waals surface area contributed by atoms with Gasteiger partial charge in [0.25, 0.3) is 0 Å². The van der Waals surface area contributed by atoms with Crippen LogP contribution in [-0.2, 0) is 4.79 Å². The van der Waals surface area contributed by atoms with E-state index in [4.69, 9.17) is 0 Å². The molecule has 52 valence electrons. The summed E-state index contributed by atoms with van der Waals surface area (Å²) in [5.41, 5.74) is 0. The first kappa shape index (κ1) is 6.59. The largest absolute Gasteiger partial charge is 0.353 e. The summed E-state index contributed by atoms with van der Waals surface area (Å²) in [6.07, 6.45) is 2.09. The lowest BCUT2D eigenvalue weighted by atomic mass is 10.1. The smallest absolute Gasteiger partial charge is 0.223 e. The van der Waals surface area contributed by atoms with Crippen molar-refractivity contribution in [3.63, 3.8) is 0 Å². The maximum Gasteiger partial charge on any atom is 0.223 e. The summed E-state index contributed by atoms with van der Waals surface area (Å²) in [4.78, 5) is 10.8. The molecular weight excluding hydrogens is 114 g/mol. The summed E-state index contributed by atoms with van der Waals surface area (Å²) < 4.78 is 0. The molecule has 9 heavy (non-hydrogen) atoms. The Morgan fingerprint density at radius 2 is 2.44 bits per heavy atom. The highest BCUT2D eigenvalue weighted by Crippen LogP contribution is 2.15. The molecule has 0 spiro atoms. The molecule has 1 saturated heterocycles. The van der Waals surface area contributed by atoms with E-state index >= 15 is 0 Å². The van der Waals surface area contributed by atoms with E-state index in [0.29, 0.717) is 6.04 Å². The zero-order chi connectivity index (χ0) is 6.85. The van der Waals surface area contributed by atoms with Crippen LogP contribution in [0.1, 0.15) is 26.7 Å². The van der Waals surface area contributed by atoms with Gasteiger partial charge in [-0.05, 0) is 12.8 Å². The molecule has 0 aliphatic carbocycles. The molecule has 2 heteroatoms. The van der Waals surface area contributed by atoms with E-state index < -0.39 is 0 Å². The summed E-state index contributed by atoms with van der Waals surface area (Å²) in [6.45, 7) is 4.08. The zero-order valence-electron chi connectivity index (χ0n) is 5.98. The molecule has 0 aromatic heterocycles. The summed E-state index contributed by atoms with van der Waals surface area (Å²) in [7, 11) is 0. The van der Waals surface area contributed by atoms with E-state index in [1.54, 1.807) is 0 Å². The van der Waals surface area contributed by atoms with Gasteiger partial charge in [0.1, 0.15) is 0 Å². The Labute approximate surface area is 55.6 Å². The topological polar surface area (TPSA) is 29.1 Å². The molecule has 1 N–H and O–H groups in total. The molecule has 0 aromatic rings. The van der Waals surface area contributed by atoms with Crippen LogP contribution in [0, 0.1) is 5.92 Å². The molecule has 0 aromatic carbocycles. The van der Waals surface area contributed by atoms with E-state index in [0.717, 1.165) is 12.8 Å². The van der Waals surface area contributed by atoms with Crippen LogP contribution in [0.15, 0.2) is 0 Å². The Morgan fingerprint density at radius 1 is 1.78 bits per heavy atom. The molecule has 2 atom stereocenters. The average molecular weight is 127 g/mol. The third kappa shape index (κ3) is 1.23. The lowest BCUT2D eigenvalue weighted by Gasteiger charge is -2.02. The van der Waals surface area contributed by atoms with Crippen LogP contribution in [-0.4, -0.2) is 11.9 Å². The van der Waals surface area contributed by atoms with Gasteiger partial charge in [-0.2, -0.15) is 0 Å². The number of carbonyl (C=O) groups excluding carboxylic acids is 1. The minimum Gasteiger partial charge on any atom is -0.353 e. The molecule has 0 bridgehead atoms. The third-order valence-corrected chi connectivity index (χ3v) is 1.92. The van der Waals surface area contributed by atoms with E-state index in [9.17, 15) is 4.79 Å². The van der Waals surface area contributed by atoms with E-state index in [1.165, 1.54) is 0 Å². The lowest BCUT2D eigenvalue weighted by molar-refractivity contribution is -0.122. The van der Waals surface area contributed by atoms with E-state index in [2.05, 4.69) is 12.2 Å². The van der Waals surface area contributed by atoms with Crippen LogP contribution in [0.25, 0.3) is 0 Å². The second-order valence-corrected chi connectivity index (χ2v) is 2.75. The quantitative estimate of drug-likeness (QED) is 0.557. The summed E-state index contributed by atoms with van der Waals surface area (Å²) in [5, 5.41) is 2.91. The van der Waals surface area contributed by atoms with Crippen LogP contribution in [0.5, 0.6) is 0 Å². The highest BCUT2D eigenvalue weighted by atomic mass is 16.2. The predicted molar refractivity (Wildman–Crippen MR) is 36.0 cm³/mol. The molecule has 1 aliphatic heterocycles. The highest BCUT2D eigenvalue weighted by molar-refractivity contribution is 5.80. The van der Waals surface area contributed by atoms with Crippen molar-refractivity contribution < 1.29 is 4.79 Å². The Kier molecular flexibility index (Phi) is 1.74. The zero-order valence-corrected chi connectivity index (χ0v) is 5.98. The SMILES string of the molecule is CC[C@H]1C[C@H](C)C(=O)N1. The normalized spacial score (nSPS) is 34.7. The van der Waals surface area contributed by atoms with Gasteiger partial charge < -0.3 is 5.32 Å². The second kappa shape index (κ2) is 2.38. The monoisotopic (exact) mass is 127 g/mol. The van der Waals surface area contributed by atoms with Gasteiger partial charge in [0.2, 0.25) is 5.91 Å². The van der Waals surface area contributed by atoms with Gasteiger partial charge in [0.15, 0.2) is 0 Å². The molecule has 1 aliphatic rings. The fourth-order valence-corrected chi connectivity index (χ4v) is 1.20. The minimum atomic E-state index is 0.224. The predicted octanol–water partition coefficient (Wildman–Crippen LogP) is 0.921. The summed E-state index contributed by atoms with van der Waals surface area (Å²) in [6, 6.07) is 0.451.